The van der Waals surface area contributed by atoms with Gasteiger partial charge in [0.15, 0.2) is 0 Å². The highest BCUT2D eigenvalue weighted by molar-refractivity contribution is 9.10. The Balaban J connectivity index is 2.33. The molecular formula is C14H17BrCl2N4. The van der Waals surface area contributed by atoms with Crippen LogP contribution in [-0.4, -0.2) is 35.3 Å². The van der Waals surface area contributed by atoms with E-state index in [0.29, 0.717) is 10.0 Å². The van der Waals surface area contributed by atoms with Crippen molar-refractivity contribution in [2.75, 3.05) is 20.6 Å². The van der Waals surface area contributed by atoms with Gasteiger partial charge in [-0.1, -0.05) is 23.2 Å². The number of rotatable bonds is 5. The molecule has 2 N–H and O–H groups in total. The van der Waals surface area contributed by atoms with E-state index in [1.54, 1.807) is 12.3 Å². The molecule has 0 aliphatic heterocycles. The van der Waals surface area contributed by atoms with Crippen LogP contribution in [0.15, 0.2) is 28.9 Å². The largest absolute Gasteiger partial charge is 0.319 e. The van der Waals surface area contributed by atoms with Crippen molar-refractivity contribution in [3.05, 3.63) is 50.2 Å². The fraction of sp³-hybridized carbons (Fsp3) is 0.357. The maximum absolute atomic E-state index is 6.38. The first-order chi connectivity index (χ1) is 9.88. The van der Waals surface area contributed by atoms with Gasteiger partial charge in [0.2, 0.25) is 0 Å². The van der Waals surface area contributed by atoms with Gasteiger partial charge in [0, 0.05) is 16.6 Å². The summed E-state index contributed by atoms with van der Waals surface area (Å²) in [5, 5.41) is 5.52. The van der Waals surface area contributed by atoms with Crippen LogP contribution < -0.4 is 5.73 Å². The molecule has 0 fully saturated rings. The van der Waals surface area contributed by atoms with Gasteiger partial charge in [-0.05, 0) is 53.8 Å². The first-order valence-corrected chi connectivity index (χ1v) is 8.01. The molecule has 0 radical (unpaired) electrons. The van der Waals surface area contributed by atoms with Crippen molar-refractivity contribution >= 4 is 39.1 Å². The van der Waals surface area contributed by atoms with Crippen molar-refractivity contribution in [3.8, 4) is 0 Å². The summed E-state index contributed by atoms with van der Waals surface area (Å²) >= 11 is 15.6. The maximum Gasteiger partial charge on any atom is 0.0739 e. The average molecular weight is 392 g/mol. The highest BCUT2D eigenvalue weighted by atomic mass is 79.9. The lowest BCUT2D eigenvalue weighted by Gasteiger charge is -2.17. The lowest BCUT2D eigenvalue weighted by Crippen LogP contribution is -2.23. The molecule has 0 spiro atoms. The molecule has 2 aromatic rings. The molecule has 0 bridgehead atoms. The summed E-state index contributed by atoms with van der Waals surface area (Å²) in [5.74, 6) is 0. The van der Waals surface area contributed by atoms with E-state index in [0.717, 1.165) is 28.8 Å². The quantitative estimate of drug-likeness (QED) is 0.847. The predicted octanol–water partition coefficient (Wildman–Crippen LogP) is 3.56. The molecule has 7 heteroatoms. The van der Waals surface area contributed by atoms with Gasteiger partial charge in [-0.3, -0.25) is 4.68 Å². The first-order valence-electron chi connectivity index (χ1n) is 6.46. The zero-order valence-corrected chi connectivity index (χ0v) is 15.0. The zero-order valence-electron chi connectivity index (χ0n) is 11.9. The normalized spacial score (nSPS) is 12.9. The molecule has 1 aromatic carbocycles. The molecule has 0 saturated heterocycles. The van der Waals surface area contributed by atoms with E-state index in [2.05, 4.69) is 25.9 Å². The molecule has 21 heavy (non-hydrogen) atoms. The molecular weight excluding hydrogens is 375 g/mol. The van der Waals surface area contributed by atoms with E-state index in [9.17, 15) is 0 Å². The van der Waals surface area contributed by atoms with Gasteiger partial charge in [-0.2, -0.15) is 5.10 Å². The van der Waals surface area contributed by atoms with Crippen molar-refractivity contribution < 1.29 is 0 Å². The zero-order chi connectivity index (χ0) is 15.6. The SMILES string of the molecule is CN(C)CCn1ncc(Br)c1C(N)c1cc(Cl)cc(Cl)c1. The van der Waals surface area contributed by atoms with Gasteiger partial charge in [-0.15, -0.1) is 0 Å². The molecule has 1 heterocycles. The third-order valence-electron chi connectivity index (χ3n) is 3.13. The summed E-state index contributed by atoms with van der Waals surface area (Å²) in [6.07, 6.45) is 1.76. The second-order valence-corrected chi connectivity index (χ2v) is 6.81. The van der Waals surface area contributed by atoms with Crippen LogP contribution >= 0.6 is 39.1 Å². The lowest BCUT2D eigenvalue weighted by molar-refractivity contribution is 0.368. The standard InChI is InChI=1S/C14H17BrCl2N4/c1-20(2)3-4-21-14(12(15)8-19-21)13(18)9-5-10(16)7-11(17)6-9/h5-8,13H,3-4,18H2,1-2H3. The van der Waals surface area contributed by atoms with E-state index in [1.165, 1.54) is 0 Å². The van der Waals surface area contributed by atoms with Crippen molar-refractivity contribution in [2.24, 2.45) is 5.73 Å². The molecule has 2 rings (SSSR count). The minimum atomic E-state index is -0.347. The molecule has 0 aliphatic carbocycles. The number of hydrogen-bond acceptors (Lipinski definition) is 3. The van der Waals surface area contributed by atoms with E-state index < -0.39 is 0 Å². The number of benzene rings is 1. The van der Waals surface area contributed by atoms with Gasteiger partial charge < -0.3 is 10.6 Å². The Bertz CT molecular complexity index is 607. The molecule has 1 atom stereocenters. The summed E-state index contributed by atoms with van der Waals surface area (Å²) in [7, 11) is 4.05. The fourth-order valence-electron chi connectivity index (χ4n) is 2.07. The Morgan fingerprint density at radius 2 is 1.90 bits per heavy atom. The van der Waals surface area contributed by atoms with Crippen LogP contribution in [0, 0.1) is 0 Å². The summed E-state index contributed by atoms with van der Waals surface area (Å²) < 4.78 is 2.79. The van der Waals surface area contributed by atoms with Gasteiger partial charge >= 0.3 is 0 Å². The Labute approximate surface area is 142 Å². The summed E-state index contributed by atoms with van der Waals surface area (Å²) in [6.45, 7) is 1.64. The van der Waals surface area contributed by atoms with E-state index in [-0.39, 0.29) is 6.04 Å². The Kier molecular flexibility index (Phi) is 5.68. The van der Waals surface area contributed by atoms with Crippen LogP contribution in [0.4, 0.5) is 0 Å². The Hall–Kier alpha value is -0.590. The number of aromatic nitrogens is 2. The second-order valence-electron chi connectivity index (χ2n) is 5.08. The van der Waals surface area contributed by atoms with E-state index >= 15 is 0 Å². The summed E-state index contributed by atoms with van der Waals surface area (Å²) in [4.78, 5) is 2.10. The van der Waals surface area contributed by atoms with Crippen LogP contribution in [0.1, 0.15) is 17.3 Å². The first kappa shape index (κ1) is 16.8. The third-order valence-corrected chi connectivity index (χ3v) is 4.18. The van der Waals surface area contributed by atoms with Crippen LogP contribution in [0.2, 0.25) is 10.0 Å². The van der Waals surface area contributed by atoms with Gasteiger partial charge in [0.25, 0.3) is 0 Å². The number of likely N-dealkylation sites (N-methyl/N-ethyl adjacent to an activating group) is 1. The average Bonchev–Trinajstić information content (AvgIpc) is 2.75. The van der Waals surface area contributed by atoms with Gasteiger partial charge in [-0.25, -0.2) is 0 Å². The predicted molar refractivity (Wildman–Crippen MR) is 91.0 cm³/mol. The smallest absolute Gasteiger partial charge is 0.0739 e. The topological polar surface area (TPSA) is 47.1 Å². The summed E-state index contributed by atoms with van der Waals surface area (Å²) in [6, 6.07) is 5.00. The Morgan fingerprint density at radius 1 is 1.29 bits per heavy atom. The molecule has 4 nitrogen and oxygen atoms in total. The molecule has 1 aromatic heterocycles. The van der Waals surface area contributed by atoms with Crippen molar-refractivity contribution in [3.63, 3.8) is 0 Å². The molecule has 0 saturated carbocycles. The monoisotopic (exact) mass is 390 g/mol. The minimum absolute atomic E-state index is 0.347. The highest BCUT2D eigenvalue weighted by Gasteiger charge is 2.19. The van der Waals surface area contributed by atoms with Crippen molar-refractivity contribution in [1.82, 2.24) is 14.7 Å². The minimum Gasteiger partial charge on any atom is -0.319 e. The van der Waals surface area contributed by atoms with Crippen LogP contribution in [0.25, 0.3) is 0 Å². The van der Waals surface area contributed by atoms with Crippen molar-refractivity contribution in [1.29, 1.82) is 0 Å². The number of nitrogens with zero attached hydrogens (tertiary/aromatic N) is 3. The van der Waals surface area contributed by atoms with Gasteiger partial charge in [0.1, 0.15) is 0 Å². The third kappa shape index (κ3) is 4.20. The number of hydrogen-bond donors (Lipinski definition) is 1. The van der Waals surface area contributed by atoms with Gasteiger partial charge in [0.05, 0.1) is 29.0 Å². The van der Waals surface area contributed by atoms with E-state index in [1.807, 2.05) is 30.9 Å². The number of halogens is 3. The van der Waals surface area contributed by atoms with Crippen LogP contribution in [0.3, 0.4) is 0 Å². The van der Waals surface area contributed by atoms with E-state index in [4.69, 9.17) is 28.9 Å². The van der Waals surface area contributed by atoms with Crippen LogP contribution in [0.5, 0.6) is 0 Å². The fourth-order valence-corrected chi connectivity index (χ4v) is 3.15. The van der Waals surface area contributed by atoms with Crippen LogP contribution in [-0.2, 0) is 6.54 Å². The highest BCUT2D eigenvalue weighted by Crippen LogP contribution is 2.30. The maximum atomic E-state index is 6.38. The lowest BCUT2D eigenvalue weighted by atomic mass is 10.0. The Morgan fingerprint density at radius 3 is 2.48 bits per heavy atom. The molecule has 1 unspecified atom stereocenters. The molecule has 114 valence electrons. The van der Waals surface area contributed by atoms with Crippen molar-refractivity contribution in [2.45, 2.75) is 12.6 Å². The second kappa shape index (κ2) is 7.11. The summed E-state index contributed by atoms with van der Waals surface area (Å²) in [5.41, 5.74) is 8.16. The molecule has 0 aliphatic rings. The number of nitrogens with two attached hydrogens (primary N) is 1. The molecule has 0 amide bonds.